The van der Waals surface area contributed by atoms with Crippen molar-refractivity contribution in [3.05, 3.63) is 57.4 Å². The third-order valence-electron chi connectivity index (χ3n) is 4.50. The van der Waals surface area contributed by atoms with Crippen molar-refractivity contribution in [2.24, 2.45) is 0 Å². The maximum absolute atomic E-state index is 13.5. The van der Waals surface area contributed by atoms with Crippen molar-refractivity contribution >= 4 is 11.6 Å². The third kappa shape index (κ3) is 3.77. The van der Waals surface area contributed by atoms with E-state index in [1.54, 1.807) is 13.0 Å². The molecule has 2 heterocycles. The monoisotopic (exact) mass is 360 g/mol. The van der Waals surface area contributed by atoms with E-state index in [9.17, 15) is 14.0 Å². The Kier molecular flexibility index (Phi) is 5.37. The van der Waals surface area contributed by atoms with Crippen LogP contribution in [0.5, 0.6) is 5.75 Å². The Labute approximate surface area is 150 Å². The molecule has 1 saturated heterocycles. The molecule has 0 saturated carbocycles. The minimum absolute atomic E-state index is 0.0937. The van der Waals surface area contributed by atoms with Gasteiger partial charge in [0.2, 0.25) is 0 Å². The first-order chi connectivity index (χ1) is 12.5. The normalized spacial score (nSPS) is 17.0. The van der Waals surface area contributed by atoms with Gasteiger partial charge in [-0.25, -0.2) is 9.18 Å². The molecule has 1 atom stereocenters. The lowest BCUT2D eigenvalue weighted by Crippen LogP contribution is -2.30. The fourth-order valence-electron chi connectivity index (χ4n) is 3.16. The lowest BCUT2D eigenvalue weighted by atomic mass is 9.95. The number of halogens is 1. The fraction of sp³-hybridized carbons (Fsp3) is 0.368. The average Bonchev–Trinajstić information content (AvgIpc) is 2.62. The molecule has 2 N–H and O–H groups in total. The first kappa shape index (κ1) is 18.1. The van der Waals surface area contributed by atoms with E-state index in [0.717, 1.165) is 32.0 Å². The van der Waals surface area contributed by atoms with Crippen LogP contribution in [0.4, 0.5) is 10.1 Å². The molecule has 2 aromatic rings. The quantitative estimate of drug-likeness (QED) is 0.876. The summed E-state index contributed by atoms with van der Waals surface area (Å²) in [5.74, 6) is -0.180. The Morgan fingerprint density at radius 2 is 2.19 bits per heavy atom. The van der Waals surface area contributed by atoms with Gasteiger partial charge in [-0.3, -0.25) is 4.79 Å². The predicted octanol–water partition coefficient (Wildman–Crippen LogP) is 2.82. The van der Waals surface area contributed by atoms with E-state index < -0.39 is 17.3 Å². The third-order valence-corrected chi connectivity index (χ3v) is 4.50. The Morgan fingerprint density at radius 3 is 2.85 bits per heavy atom. The highest BCUT2D eigenvalue weighted by atomic mass is 19.1. The van der Waals surface area contributed by atoms with Crippen LogP contribution >= 0.6 is 0 Å². The number of amides is 1. The van der Waals surface area contributed by atoms with E-state index in [1.807, 2.05) is 0 Å². The van der Waals surface area contributed by atoms with Gasteiger partial charge in [-0.1, -0.05) is 0 Å². The summed E-state index contributed by atoms with van der Waals surface area (Å²) in [5.41, 5.74) is -0.117. The predicted molar refractivity (Wildman–Crippen MR) is 95.5 cm³/mol. The Hall–Kier alpha value is -2.67. The maximum atomic E-state index is 13.5. The van der Waals surface area contributed by atoms with Crippen LogP contribution in [0.2, 0.25) is 0 Å². The molecule has 1 aliphatic rings. The Bertz CT molecular complexity index is 872. The summed E-state index contributed by atoms with van der Waals surface area (Å²) in [7, 11) is 1.41. The highest BCUT2D eigenvalue weighted by molar-refractivity contribution is 6.05. The molecule has 0 spiro atoms. The van der Waals surface area contributed by atoms with E-state index in [2.05, 4.69) is 10.6 Å². The first-order valence-corrected chi connectivity index (χ1v) is 8.50. The van der Waals surface area contributed by atoms with Crippen molar-refractivity contribution in [1.29, 1.82) is 0 Å². The van der Waals surface area contributed by atoms with Crippen molar-refractivity contribution in [2.45, 2.75) is 25.7 Å². The number of piperidine rings is 1. The zero-order valence-corrected chi connectivity index (χ0v) is 14.7. The largest absolute Gasteiger partial charge is 0.495 e. The van der Waals surface area contributed by atoms with Gasteiger partial charge in [0.25, 0.3) is 5.91 Å². The number of nitrogens with one attached hydrogen (secondary N) is 2. The van der Waals surface area contributed by atoms with Gasteiger partial charge in [-0.05, 0) is 50.1 Å². The number of rotatable bonds is 4. The molecule has 0 aliphatic carbocycles. The molecule has 7 heteroatoms. The van der Waals surface area contributed by atoms with Gasteiger partial charge in [0, 0.05) is 18.5 Å². The van der Waals surface area contributed by atoms with Crippen LogP contribution in [0.25, 0.3) is 0 Å². The van der Waals surface area contributed by atoms with Crippen molar-refractivity contribution in [3.8, 4) is 5.75 Å². The van der Waals surface area contributed by atoms with E-state index in [0.29, 0.717) is 17.1 Å². The minimum atomic E-state index is -0.696. The molecule has 0 radical (unpaired) electrons. The molecule has 1 aliphatic heterocycles. The van der Waals surface area contributed by atoms with Crippen molar-refractivity contribution < 1.29 is 18.3 Å². The number of anilines is 1. The minimum Gasteiger partial charge on any atom is -0.495 e. The summed E-state index contributed by atoms with van der Waals surface area (Å²) in [6.45, 7) is 3.39. The molecule has 138 valence electrons. The van der Waals surface area contributed by atoms with Crippen LogP contribution in [0, 0.1) is 12.7 Å². The van der Waals surface area contributed by atoms with Crippen molar-refractivity contribution in [1.82, 2.24) is 5.32 Å². The van der Waals surface area contributed by atoms with Gasteiger partial charge in [0.1, 0.15) is 22.9 Å². The van der Waals surface area contributed by atoms with E-state index in [1.165, 1.54) is 19.2 Å². The molecule has 1 aromatic carbocycles. The van der Waals surface area contributed by atoms with Gasteiger partial charge in [0.05, 0.1) is 12.8 Å². The van der Waals surface area contributed by atoms with E-state index >= 15 is 0 Å². The summed E-state index contributed by atoms with van der Waals surface area (Å²) in [6.07, 6.45) is 1.94. The van der Waals surface area contributed by atoms with Crippen LogP contribution in [0.3, 0.4) is 0 Å². The van der Waals surface area contributed by atoms with E-state index in [-0.39, 0.29) is 17.2 Å². The van der Waals surface area contributed by atoms with Crippen LogP contribution in [0.15, 0.2) is 33.5 Å². The smallest absolute Gasteiger partial charge is 0.349 e. The summed E-state index contributed by atoms with van der Waals surface area (Å²) >= 11 is 0. The van der Waals surface area contributed by atoms with Gasteiger partial charge in [-0.15, -0.1) is 0 Å². The number of hydrogen-bond donors (Lipinski definition) is 2. The summed E-state index contributed by atoms with van der Waals surface area (Å²) in [6, 6.07) is 5.49. The molecule has 3 rings (SSSR count). The second kappa shape index (κ2) is 7.70. The Morgan fingerprint density at radius 1 is 1.38 bits per heavy atom. The standard InChI is InChI=1S/C19H21FN2O4/c1-11-8-16(12-4-3-7-21-10-12)26-19(24)17(11)18(23)22-14-9-13(20)5-6-15(14)25-2/h5-6,8-9,12,21H,3-4,7,10H2,1-2H3,(H,22,23). The van der Waals surface area contributed by atoms with Crippen LogP contribution in [-0.2, 0) is 0 Å². The molecule has 26 heavy (non-hydrogen) atoms. The molecule has 1 aromatic heterocycles. The topological polar surface area (TPSA) is 80.6 Å². The van der Waals surface area contributed by atoms with Crippen LogP contribution in [-0.4, -0.2) is 26.1 Å². The highest BCUT2D eigenvalue weighted by Gasteiger charge is 2.23. The van der Waals surface area contributed by atoms with Crippen molar-refractivity contribution in [2.75, 3.05) is 25.5 Å². The number of ether oxygens (including phenoxy) is 1. The van der Waals surface area contributed by atoms with Gasteiger partial charge < -0.3 is 19.8 Å². The maximum Gasteiger partial charge on any atom is 0.349 e. The molecule has 0 bridgehead atoms. The highest BCUT2D eigenvalue weighted by Crippen LogP contribution is 2.26. The zero-order valence-electron chi connectivity index (χ0n) is 14.7. The van der Waals surface area contributed by atoms with Gasteiger partial charge in [0.15, 0.2) is 0 Å². The second-order valence-corrected chi connectivity index (χ2v) is 6.34. The van der Waals surface area contributed by atoms with Gasteiger partial charge >= 0.3 is 5.63 Å². The summed E-state index contributed by atoms with van der Waals surface area (Å²) in [5, 5.41) is 5.79. The Balaban J connectivity index is 1.88. The van der Waals surface area contributed by atoms with Crippen LogP contribution in [0.1, 0.15) is 40.4 Å². The summed E-state index contributed by atoms with van der Waals surface area (Å²) < 4.78 is 24.0. The van der Waals surface area contributed by atoms with Gasteiger partial charge in [-0.2, -0.15) is 0 Å². The molecule has 1 amide bonds. The number of methoxy groups -OCH3 is 1. The average molecular weight is 360 g/mol. The SMILES string of the molecule is COc1ccc(F)cc1NC(=O)c1c(C)cc(C2CCCNC2)oc1=O. The molecule has 1 fully saturated rings. The molecular weight excluding hydrogens is 339 g/mol. The first-order valence-electron chi connectivity index (χ1n) is 8.50. The number of benzene rings is 1. The lowest BCUT2D eigenvalue weighted by Gasteiger charge is -2.22. The molecular formula is C19H21FN2O4. The lowest BCUT2D eigenvalue weighted by molar-refractivity contribution is 0.102. The number of hydrogen-bond acceptors (Lipinski definition) is 5. The second-order valence-electron chi connectivity index (χ2n) is 6.34. The molecule has 6 nitrogen and oxygen atoms in total. The fourth-order valence-corrected chi connectivity index (χ4v) is 3.16. The zero-order chi connectivity index (χ0) is 18.7. The van der Waals surface area contributed by atoms with Crippen LogP contribution < -0.4 is 21.0 Å². The summed E-state index contributed by atoms with van der Waals surface area (Å²) in [4.78, 5) is 25.0. The molecule has 1 unspecified atom stereocenters. The number of carbonyl (C=O) groups is 1. The number of aryl methyl sites for hydroxylation is 1. The van der Waals surface area contributed by atoms with Crippen molar-refractivity contribution in [3.63, 3.8) is 0 Å². The number of carbonyl (C=O) groups excluding carboxylic acids is 1. The van der Waals surface area contributed by atoms with E-state index in [4.69, 9.17) is 9.15 Å².